The van der Waals surface area contributed by atoms with E-state index in [0.29, 0.717) is 18.6 Å². The van der Waals surface area contributed by atoms with Crippen molar-refractivity contribution in [3.05, 3.63) is 30.1 Å². The lowest BCUT2D eigenvalue weighted by atomic mass is 10.0. The summed E-state index contributed by atoms with van der Waals surface area (Å²) in [6.45, 7) is 6.77. The van der Waals surface area contributed by atoms with E-state index in [4.69, 9.17) is 10.5 Å². The fourth-order valence-electron chi connectivity index (χ4n) is 3.26. The number of para-hydroxylation sites is 2. The predicted octanol–water partition coefficient (Wildman–Crippen LogP) is 1.55. The average Bonchev–Trinajstić information content (AvgIpc) is 2.58. The molecule has 3 rings (SSSR count). The van der Waals surface area contributed by atoms with E-state index in [2.05, 4.69) is 27.2 Å². The molecule has 134 valence electrons. The van der Waals surface area contributed by atoms with Crippen LogP contribution in [0.4, 0.5) is 17.6 Å². The highest BCUT2D eigenvalue weighted by Crippen LogP contribution is 2.26. The van der Waals surface area contributed by atoms with Gasteiger partial charge in [0.15, 0.2) is 5.82 Å². The maximum Gasteiger partial charge on any atom is 0.232 e. The summed E-state index contributed by atoms with van der Waals surface area (Å²) in [7, 11) is 0. The van der Waals surface area contributed by atoms with Gasteiger partial charge in [0.2, 0.25) is 11.9 Å². The number of nitrogen functional groups attached to an aromatic ring is 1. The Balaban J connectivity index is 1.77. The highest BCUT2D eigenvalue weighted by molar-refractivity contribution is 5.62. The maximum absolute atomic E-state index is 5.91. The summed E-state index contributed by atoms with van der Waals surface area (Å²) in [5.41, 5.74) is 6.73. The summed E-state index contributed by atoms with van der Waals surface area (Å²) in [6.07, 6.45) is 3.82. The molecule has 0 radical (unpaired) electrons. The Kier molecular flexibility index (Phi) is 5.65. The zero-order valence-electron chi connectivity index (χ0n) is 15.0. The second-order valence-electron chi connectivity index (χ2n) is 6.47. The number of piperidine rings is 1. The molecule has 1 saturated heterocycles. The van der Waals surface area contributed by atoms with E-state index in [1.165, 1.54) is 24.2 Å². The molecule has 2 aromatic rings. The molecule has 0 aliphatic carbocycles. The third kappa shape index (κ3) is 4.57. The minimum atomic E-state index is 0.241. The molecule has 0 bridgehead atoms. The highest BCUT2D eigenvalue weighted by Gasteiger charge is 2.23. The van der Waals surface area contributed by atoms with Gasteiger partial charge in [-0.05, 0) is 45.2 Å². The van der Waals surface area contributed by atoms with Gasteiger partial charge in [0.05, 0.1) is 24.9 Å². The van der Waals surface area contributed by atoms with Crippen molar-refractivity contribution in [3.8, 4) is 5.75 Å². The fourth-order valence-corrected chi connectivity index (χ4v) is 3.26. The monoisotopic (exact) mass is 343 g/mol. The van der Waals surface area contributed by atoms with E-state index in [0.717, 1.165) is 30.4 Å². The van der Waals surface area contributed by atoms with Crippen molar-refractivity contribution in [2.24, 2.45) is 0 Å². The van der Waals surface area contributed by atoms with Crippen LogP contribution in [0.15, 0.2) is 24.3 Å². The minimum absolute atomic E-state index is 0.241. The molecule has 0 amide bonds. The zero-order valence-corrected chi connectivity index (χ0v) is 15.0. The number of rotatable bonds is 6. The van der Waals surface area contributed by atoms with E-state index in [1.807, 2.05) is 31.2 Å². The van der Waals surface area contributed by atoms with Gasteiger partial charge in [-0.25, -0.2) is 0 Å². The van der Waals surface area contributed by atoms with Crippen molar-refractivity contribution in [2.75, 3.05) is 24.2 Å². The quantitative estimate of drug-likeness (QED) is 0.737. The van der Waals surface area contributed by atoms with E-state index in [-0.39, 0.29) is 5.95 Å². The number of anilines is 3. The van der Waals surface area contributed by atoms with Gasteiger partial charge in [0, 0.05) is 0 Å². The van der Waals surface area contributed by atoms with E-state index < -0.39 is 0 Å². The first-order valence-corrected chi connectivity index (χ1v) is 8.99. The van der Waals surface area contributed by atoms with Crippen molar-refractivity contribution >= 4 is 17.6 Å². The first-order chi connectivity index (χ1) is 12.2. The van der Waals surface area contributed by atoms with Gasteiger partial charge in [-0.2, -0.15) is 15.0 Å². The second-order valence-corrected chi connectivity index (χ2v) is 6.47. The molecule has 1 aliphatic heterocycles. The standard InChI is InChI=1S/C18H26N6O/c1-3-25-15-10-5-4-9-14(15)20-18-22-16(21-17(19)23-18)12-24-11-7-6-8-13(24)2/h4-5,9-10,13H,3,6-8,11-12H2,1-2H3,(H3,19,20,21,22,23)/p+1/t13-/m1/s1. The van der Waals surface area contributed by atoms with Crippen molar-refractivity contribution in [3.63, 3.8) is 0 Å². The molecule has 4 N–H and O–H groups in total. The lowest BCUT2D eigenvalue weighted by Gasteiger charge is -2.29. The number of hydrogen-bond acceptors (Lipinski definition) is 6. The molecule has 25 heavy (non-hydrogen) atoms. The summed E-state index contributed by atoms with van der Waals surface area (Å²) in [4.78, 5) is 14.6. The van der Waals surface area contributed by atoms with Crippen LogP contribution in [-0.2, 0) is 6.54 Å². The Morgan fingerprint density at radius 3 is 2.88 bits per heavy atom. The average molecular weight is 343 g/mol. The van der Waals surface area contributed by atoms with Gasteiger partial charge in [-0.3, -0.25) is 0 Å². The van der Waals surface area contributed by atoms with Crippen LogP contribution in [0.2, 0.25) is 0 Å². The van der Waals surface area contributed by atoms with E-state index in [1.54, 1.807) is 0 Å². The number of ether oxygens (including phenoxy) is 1. The molecular formula is C18H27N6O+. The first kappa shape index (κ1) is 17.4. The van der Waals surface area contributed by atoms with Crippen molar-refractivity contribution in [1.29, 1.82) is 0 Å². The number of nitrogens with two attached hydrogens (primary N) is 1. The van der Waals surface area contributed by atoms with Gasteiger partial charge in [0.1, 0.15) is 12.3 Å². The predicted molar refractivity (Wildman–Crippen MR) is 98.0 cm³/mol. The summed E-state index contributed by atoms with van der Waals surface area (Å²) in [6, 6.07) is 8.35. The van der Waals surface area contributed by atoms with Crippen LogP contribution < -0.4 is 20.7 Å². The number of nitrogens with zero attached hydrogens (tertiary/aromatic N) is 3. The molecule has 1 aliphatic rings. The topological polar surface area (TPSA) is 90.4 Å². The van der Waals surface area contributed by atoms with Crippen LogP contribution in [0.25, 0.3) is 0 Å². The van der Waals surface area contributed by atoms with Crippen molar-refractivity contribution in [1.82, 2.24) is 15.0 Å². The molecule has 7 nitrogen and oxygen atoms in total. The Hall–Kier alpha value is -2.41. The number of likely N-dealkylation sites (tertiary alicyclic amines) is 1. The number of aromatic nitrogens is 3. The molecule has 2 atom stereocenters. The lowest BCUT2D eigenvalue weighted by Crippen LogP contribution is -3.15. The normalized spacial score (nSPS) is 20.2. The molecule has 0 spiro atoms. The maximum atomic E-state index is 5.91. The number of benzene rings is 1. The lowest BCUT2D eigenvalue weighted by molar-refractivity contribution is -0.942. The zero-order chi connectivity index (χ0) is 17.6. The van der Waals surface area contributed by atoms with Crippen molar-refractivity contribution in [2.45, 2.75) is 45.7 Å². The van der Waals surface area contributed by atoms with Crippen LogP contribution >= 0.6 is 0 Å². The largest absolute Gasteiger partial charge is 0.492 e. The molecular weight excluding hydrogens is 316 g/mol. The van der Waals surface area contributed by atoms with Gasteiger partial charge < -0.3 is 20.7 Å². The van der Waals surface area contributed by atoms with Gasteiger partial charge in [0.25, 0.3) is 0 Å². The molecule has 7 heteroatoms. The number of nitrogens with one attached hydrogen (secondary N) is 2. The highest BCUT2D eigenvalue weighted by atomic mass is 16.5. The molecule has 1 fully saturated rings. The van der Waals surface area contributed by atoms with Gasteiger partial charge >= 0.3 is 0 Å². The van der Waals surface area contributed by atoms with Crippen molar-refractivity contribution < 1.29 is 9.64 Å². The number of quaternary nitrogens is 1. The Bertz CT molecular complexity index is 708. The van der Waals surface area contributed by atoms with Crippen LogP contribution in [0.1, 0.15) is 38.9 Å². The second kappa shape index (κ2) is 8.11. The smallest absolute Gasteiger partial charge is 0.232 e. The Labute approximate surface area is 148 Å². The van der Waals surface area contributed by atoms with Gasteiger partial charge in [-0.15, -0.1) is 0 Å². The molecule has 1 aromatic heterocycles. The first-order valence-electron chi connectivity index (χ1n) is 8.99. The van der Waals surface area contributed by atoms with E-state index in [9.17, 15) is 0 Å². The van der Waals surface area contributed by atoms with E-state index >= 15 is 0 Å². The third-order valence-electron chi connectivity index (χ3n) is 4.60. The number of hydrogen-bond donors (Lipinski definition) is 3. The summed E-state index contributed by atoms with van der Waals surface area (Å²) in [5, 5.41) is 3.21. The molecule has 1 unspecified atom stereocenters. The van der Waals surface area contributed by atoms with Crippen LogP contribution in [0.3, 0.4) is 0 Å². The van der Waals surface area contributed by atoms with Crippen LogP contribution in [0.5, 0.6) is 5.75 Å². The summed E-state index contributed by atoms with van der Waals surface area (Å²) in [5.74, 6) is 2.19. The summed E-state index contributed by atoms with van der Waals surface area (Å²) < 4.78 is 5.64. The van der Waals surface area contributed by atoms with Crippen LogP contribution in [-0.4, -0.2) is 34.1 Å². The minimum Gasteiger partial charge on any atom is -0.492 e. The van der Waals surface area contributed by atoms with Crippen LogP contribution in [0, 0.1) is 0 Å². The Morgan fingerprint density at radius 1 is 1.24 bits per heavy atom. The van der Waals surface area contributed by atoms with Gasteiger partial charge in [-0.1, -0.05) is 12.1 Å². The molecule has 1 aromatic carbocycles. The Morgan fingerprint density at radius 2 is 2.08 bits per heavy atom. The third-order valence-corrected chi connectivity index (χ3v) is 4.60. The fraction of sp³-hybridized carbons (Fsp3) is 0.500. The summed E-state index contributed by atoms with van der Waals surface area (Å²) >= 11 is 0. The molecule has 0 saturated carbocycles. The SMILES string of the molecule is CCOc1ccccc1Nc1nc(N)nc(C[NH+]2CCCC[C@H]2C)n1. The molecule has 2 heterocycles.